The van der Waals surface area contributed by atoms with Gasteiger partial charge in [-0.05, 0) is 25.1 Å². The van der Waals surface area contributed by atoms with Gasteiger partial charge in [-0.1, -0.05) is 6.07 Å². The number of non-ortho nitro benzene ring substituents is 1. The Labute approximate surface area is 122 Å². The number of methoxy groups -OCH3 is 1. The first-order valence-electron chi connectivity index (χ1n) is 6.57. The van der Waals surface area contributed by atoms with E-state index in [1.165, 1.54) is 12.1 Å². The molecule has 0 fully saturated rings. The van der Waals surface area contributed by atoms with Gasteiger partial charge in [0.05, 0.1) is 17.7 Å². The molecule has 0 radical (unpaired) electrons. The molecule has 0 bridgehead atoms. The van der Waals surface area contributed by atoms with E-state index >= 15 is 0 Å². The molecule has 6 nitrogen and oxygen atoms in total. The quantitative estimate of drug-likeness (QED) is 0.653. The summed E-state index contributed by atoms with van der Waals surface area (Å²) in [6.07, 6.45) is 1.74. The number of benzene rings is 1. The Balaban J connectivity index is 2.11. The number of aromatic nitrogens is 1. The van der Waals surface area contributed by atoms with Crippen molar-refractivity contribution >= 4 is 5.69 Å². The predicted octanol–water partition coefficient (Wildman–Crippen LogP) is 2.85. The third-order valence-electron chi connectivity index (χ3n) is 3.20. The highest BCUT2D eigenvalue weighted by molar-refractivity contribution is 5.43. The van der Waals surface area contributed by atoms with E-state index in [1.54, 1.807) is 19.4 Å². The highest BCUT2D eigenvalue weighted by Crippen LogP contribution is 2.24. The third kappa shape index (κ3) is 3.76. The fraction of sp³-hybridized carbons (Fsp3) is 0.267. The lowest BCUT2D eigenvalue weighted by Crippen LogP contribution is -2.19. The minimum atomic E-state index is -0.412. The average molecular weight is 287 g/mol. The molecule has 2 aromatic rings. The Bertz CT molecular complexity index is 617. The maximum Gasteiger partial charge on any atom is 0.270 e. The zero-order valence-corrected chi connectivity index (χ0v) is 11.9. The number of pyridine rings is 1. The number of nitrogens with zero attached hydrogens (tertiary/aromatic N) is 2. The fourth-order valence-electron chi connectivity index (χ4n) is 2.02. The SMILES string of the molecule is COc1ccc([N+](=O)[O-])cc1CNC(C)c1ccccn1. The number of ether oxygens (including phenoxy) is 1. The first-order chi connectivity index (χ1) is 10.1. The van der Waals surface area contributed by atoms with Crippen LogP contribution in [0.25, 0.3) is 0 Å². The molecular weight excluding hydrogens is 270 g/mol. The van der Waals surface area contributed by atoms with Crippen molar-refractivity contribution in [3.05, 3.63) is 64.0 Å². The van der Waals surface area contributed by atoms with Crippen LogP contribution >= 0.6 is 0 Å². The van der Waals surface area contributed by atoms with Gasteiger partial charge in [0.1, 0.15) is 5.75 Å². The average Bonchev–Trinajstić information content (AvgIpc) is 2.53. The smallest absolute Gasteiger partial charge is 0.270 e. The molecule has 1 aromatic heterocycles. The molecule has 0 spiro atoms. The van der Waals surface area contributed by atoms with Gasteiger partial charge in [-0.25, -0.2) is 0 Å². The van der Waals surface area contributed by atoms with Crippen LogP contribution < -0.4 is 10.1 Å². The molecule has 1 heterocycles. The largest absolute Gasteiger partial charge is 0.496 e. The second kappa shape index (κ2) is 6.81. The lowest BCUT2D eigenvalue weighted by Gasteiger charge is -2.14. The summed E-state index contributed by atoms with van der Waals surface area (Å²) in [5.41, 5.74) is 1.72. The minimum Gasteiger partial charge on any atom is -0.496 e. The third-order valence-corrected chi connectivity index (χ3v) is 3.20. The van der Waals surface area contributed by atoms with Crippen molar-refractivity contribution in [2.75, 3.05) is 7.11 Å². The summed E-state index contributed by atoms with van der Waals surface area (Å²) < 4.78 is 5.24. The summed E-state index contributed by atoms with van der Waals surface area (Å²) in [7, 11) is 1.55. The van der Waals surface area contributed by atoms with Gasteiger partial charge in [0.2, 0.25) is 0 Å². The van der Waals surface area contributed by atoms with Crippen LogP contribution in [0.1, 0.15) is 24.2 Å². The van der Waals surface area contributed by atoms with E-state index < -0.39 is 4.92 Å². The van der Waals surface area contributed by atoms with Gasteiger partial charge in [0.25, 0.3) is 5.69 Å². The molecule has 0 aliphatic rings. The monoisotopic (exact) mass is 287 g/mol. The molecule has 0 amide bonds. The number of hydrogen-bond donors (Lipinski definition) is 1. The highest BCUT2D eigenvalue weighted by Gasteiger charge is 2.13. The van der Waals surface area contributed by atoms with E-state index in [0.717, 1.165) is 11.3 Å². The summed E-state index contributed by atoms with van der Waals surface area (Å²) in [5, 5.41) is 14.1. The van der Waals surface area contributed by atoms with Gasteiger partial charge in [-0.3, -0.25) is 15.1 Å². The van der Waals surface area contributed by atoms with Crippen LogP contribution in [0.3, 0.4) is 0 Å². The molecule has 110 valence electrons. The van der Waals surface area contributed by atoms with Gasteiger partial charge in [-0.2, -0.15) is 0 Å². The Morgan fingerprint density at radius 2 is 2.19 bits per heavy atom. The Hall–Kier alpha value is -2.47. The van der Waals surface area contributed by atoms with Gasteiger partial charge >= 0.3 is 0 Å². The second-order valence-corrected chi connectivity index (χ2v) is 4.61. The predicted molar refractivity (Wildman–Crippen MR) is 79.1 cm³/mol. The number of nitro benzene ring substituents is 1. The van der Waals surface area contributed by atoms with Crippen LogP contribution in [0, 0.1) is 10.1 Å². The van der Waals surface area contributed by atoms with Crippen LogP contribution in [-0.4, -0.2) is 17.0 Å². The van der Waals surface area contributed by atoms with Gasteiger partial charge in [-0.15, -0.1) is 0 Å². The summed E-state index contributed by atoms with van der Waals surface area (Å²) in [5.74, 6) is 0.626. The maximum absolute atomic E-state index is 10.8. The van der Waals surface area contributed by atoms with Crippen molar-refractivity contribution in [1.82, 2.24) is 10.3 Å². The molecule has 2 rings (SSSR count). The van der Waals surface area contributed by atoms with E-state index in [-0.39, 0.29) is 11.7 Å². The van der Waals surface area contributed by atoms with Gasteiger partial charge in [0, 0.05) is 36.5 Å². The zero-order chi connectivity index (χ0) is 15.2. The van der Waals surface area contributed by atoms with E-state index in [2.05, 4.69) is 10.3 Å². The molecule has 1 unspecified atom stereocenters. The van der Waals surface area contributed by atoms with Crippen molar-refractivity contribution in [2.45, 2.75) is 19.5 Å². The second-order valence-electron chi connectivity index (χ2n) is 4.61. The highest BCUT2D eigenvalue weighted by atomic mass is 16.6. The van der Waals surface area contributed by atoms with Crippen LogP contribution in [0.15, 0.2) is 42.6 Å². The summed E-state index contributed by atoms with van der Waals surface area (Å²) in [6, 6.07) is 10.3. The molecule has 1 atom stereocenters. The van der Waals surface area contributed by atoms with Crippen molar-refractivity contribution in [2.24, 2.45) is 0 Å². The van der Waals surface area contributed by atoms with Crippen molar-refractivity contribution in [3.8, 4) is 5.75 Å². The number of nitro groups is 1. The Kier molecular flexibility index (Phi) is 4.84. The van der Waals surface area contributed by atoms with Crippen molar-refractivity contribution < 1.29 is 9.66 Å². The normalized spacial score (nSPS) is 11.9. The molecule has 0 saturated carbocycles. The Morgan fingerprint density at radius 1 is 1.38 bits per heavy atom. The van der Waals surface area contributed by atoms with Crippen molar-refractivity contribution in [1.29, 1.82) is 0 Å². The van der Waals surface area contributed by atoms with E-state index in [4.69, 9.17) is 4.74 Å². The number of hydrogen-bond acceptors (Lipinski definition) is 5. The molecule has 6 heteroatoms. The molecular formula is C15H17N3O3. The minimum absolute atomic E-state index is 0.0372. The number of rotatable bonds is 6. The molecule has 0 saturated heterocycles. The summed E-state index contributed by atoms with van der Waals surface area (Å²) >= 11 is 0. The van der Waals surface area contributed by atoms with E-state index in [0.29, 0.717) is 12.3 Å². The van der Waals surface area contributed by atoms with E-state index in [9.17, 15) is 10.1 Å². The maximum atomic E-state index is 10.8. The van der Waals surface area contributed by atoms with Crippen LogP contribution in [-0.2, 0) is 6.54 Å². The van der Waals surface area contributed by atoms with Crippen LogP contribution in [0.4, 0.5) is 5.69 Å². The van der Waals surface area contributed by atoms with Crippen molar-refractivity contribution in [3.63, 3.8) is 0 Å². The van der Waals surface area contributed by atoms with Crippen LogP contribution in [0.5, 0.6) is 5.75 Å². The number of nitrogens with one attached hydrogen (secondary N) is 1. The molecule has 1 N–H and O–H groups in total. The lowest BCUT2D eigenvalue weighted by molar-refractivity contribution is -0.384. The summed E-state index contributed by atoms with van der Waals surface area (Å²) in [4.78, 5) is 14.7. The molecule has 0 aliphatic heterocycles. The topological polar surface area (TPSA) is 77.3 Å². The van der Waals surface area contributed by atoms with Crippen LogP contribution in [0.2, 0.25) is 0 Å². The lowest BCUT2D eigenvalue weighted by atomic mass is 10.1. The van der Waals surface area contributed by atoms with Gasteiger partial charge in [0.15, 0.2) is 0 Å². The fourth-order valence-corrected chi connectivity index (χ4v) is 2.02. The summed E-state index contributed by atoms with van der Waals surface area (Å²) in [6.45, 7) is 2.45. The molecule has 0 aliphatic carbocycles. The standard InChI is InChI=1S/C15H17N3O3/c1-11(14-5-3-4-8-16-14)17-10-12-9-13(18(19)20)6-7-15(12)21-2/h3-9,11,17H,10H2,1-2H3. The first kappa shape index (κ1) is 14.9. The molecule has 1 aromatic carbocycles. The van der Waals surface area contributed by atoms with E-state index in [1.807, 2.05) is 25.1 Å². The molecule has 21 heavy (non-hydrogen) atoms. The van der Waals surface area contributed by atoms with Gasteiger partial charge < -0.3 is 10.1 Å². The Morgan fingerprint density at radius 3 is 2.81 bits per heavy atom. The first-order valence-corrected chi connectivity index (χ1v) is 6.57. The zero-order valence-electron chi connectivity index (χ0n) is 11.9.